The highest BCUT2D eigenvalue weighted by Crippen LogP contribution is 2.28. The number of nitrogens with one attached hydrogen (secondary N) is 1. The molecule has 0 bridgehead atoms. The molecule has 1 saturated heterocycles. The van der Waals surface area contributed by atoms with Gasteiger partial charge >= 0.3 is 0 Å². The number of nitrogens with zero attached hydrogens (tertiary/aromatic N) is 5. The molecule has 1 aliphatic heterocycles. The maximum Gasteiger partial charge on any atom is 0.220 e. The van der Waals surface area contributed by atoms with Crippen molar-refractivity contribution in [3.05, 3.63) is 53.9 Å². The minimum Gasteiger partial charge on any atom is -0.493 e. The van der Waals surface area contributed by atoms with Crippen LogP contribution >= 0.6 is 0 Å². The standard InChI is InChI=1S/C26H30N6O3/c1-34-21-11-10-18(16-22(21)35-2)17-27-24(33)13-12-23-29-30-26-25(31-14-6-3-7-15-31)28-19-8-4-5-9-20(19)32(23)26/h4-5,8-11,16H,3,6-7,12-15,17H2,1-2H3,(H,27,33). The summed E-state index contributed by atoms with van der Waals surface area (Å²) in [6.45, 7) is 2.36. The van der Waals surface area contributed by atoms with E-state index in [1.165, 1.54) is 6.42 Å². The molecule has 0 atom stereocenters. The summed E-state index contributed by atoms with van der Waals surface area (Å²) in [6, 6.07) is 13.6. The molecule has 0 aliphatic carbocycles. The van der Waals surface area contributed by atoms with Gasteiger partial charge in [-0.1, -0.05) is 18.2 Å². The number of hydrogen-bond donors (Lipinski definition) is 1. The Morgan fingerprint density at radius 3 is 2.60 bits per heavy atom. The quantitative estimate of drug-likeness (QED) is 0.417. The lowest BCUT2D eigenvalue weighted by atomic mass is 10.1. The molecule has 1 aliphatic rings. The van der Waals surface area contributed by atoms with Crippen molar-refractivity contribution in [3.63, 3.8) is 0 Å². The van der Waals surface area contributed by atoms with Gasteiger partial charge in [0.2, 0.25) is 11.6 Å². The van der Waals surface area contributed by atoms with E-state index in [9.17, 15) is 4.79 Å². The highest BCUT2D eigenvalue weighted by molar-refractivity contribution is 5.83. The first-order valence-corrected chi connectivity index (χ1v) is 12.0. The van der Waals surface area contributed by atoms with Crippen LogP contribution in [-0.2, 0) is 17.8 Å². The Kier molecular flexibility index (Phi) is 6.65. The number of piperidine rings is 1. The number of methoxy groups -OCH3 is 2. The van der Waals surface area contributed by atoms with Gasteiger partial charge in [-0.05, 0) is 49.1 Å². The summed E-state index contributed by atoms with van der Waals surface area (Å²) >= 11 is 0. The number of amides is 1. The van der Waals surface area contributed by atoms with Gasteiger partial charge in [-0.15, -0.1) is 10.2 Å². The molecule has 3 heterocycles. The first-order chi connectivity index (χ1) is 17.2. The molecule has 9 nitrogen and oxygen atoms in total. The van der Waals surface area contributed by atoms with Crippen LogP contribution in [0.1, 0.15) is 37.1 Å². The van der Waals surface area contributed by atoms with Gasteiger partial charge in [0.25, 0.3) is 0 Å². The summed E-state index contributed by atoms with van der Waals surface area (Å²) in [5, 5.41) is 12.0. The van der Waals surface area contributed by atoms with Crippen LogP contribution < -0.4 is 19.7 Å². The van der Waals surface area contributed by atoms with Crippen molar-refractivity contribution in [2.45, 2.75) is 38.6 Å². The van der Waals surface area contributed by atoms with E-state index in [0.29, 0.717) is 30.9 Å². The van der Waals surface area contributed by atoms with E-state index in [-0.39, 0.29) is 5.91 Å². The van der Waals surface area contributed by atoms with Crippen molar-refractivity contribution in [2.24, 2.45) is 0 Å². The van der Waals surface area contributed by atoms with Crippen LogP contribution in [0.5, 0.6) is 11.5 Å². The predicted octanol–water partition coefficient (Wildman–Crippen LogP) is 3.53. The van der Waals surface area contributed by atoms with Crippen LogP contribution in [0.25, 0.3) is 16.7 Å². The number of aromatic nitrogens is 4. The van der Waals surface area contributed by atoms with E-state index in [0.717, 1.165) is 59.8 Å². The first-order valence-electron chi connectivity index (χ1n) is 12.0. The molecule has 5 rings (SSSR count). The van der Waals surface area contributed by atoms with E-state index in [1.807, 2.05) is 42.5 Å². The first kappa shape index (κ1) is 22.9. The molecule has 0 spiro atoms. The molecule has 1 amide bonds. The highest BCUT2D eigenvalue weighted by Gasteiger charge is 2.21. The zero-order valence-corrected chi connectivity index (χ0v) is 20.2. The Balaban J connectivity index is 1.33. The Morgan fingerprint density at radius 2 is 1.80 bits per heavy atom. The number of anilines is 1. The molecule has 0 radical (unpaired) electrons. The van der Waals surface area contributed by atoms with Crippen LogP contribution in [-0.4, -0.2) is 52.8 Å². The third kappa shape index (κ3) is 4.71. The number of ether oxygens (including phenoxy) is 2. The smallest absolute Gasteiger partial charge is 0.220 e. The lowest BCUT2D eigenvalue weighted by molar-refractivity contribution is -0.121. The van der Waals surface area contributed by atoms with Crippen LogP contribution in [0.4, 0.5) is 5.82 Å². The topological polar surface area (TPSA) is 93.9 Å². The fourth-order valence-electron chi connectivity index (χ4n) is 4.61. The second-order valence-corrected chi connectivity index (χ2v) is 8.71. The lowest BCUT2D eigenvalue weighted by Crippen LogP contribution is -2.30. The van der Waals surface area contributed by atoms with Gasteiger partial charge in [0.15, 0.2) is 17.3 Å². The molecule has 35 heavy (non-hydrogen) atoms. The number of benzene rings is 2. The number of aryl methyl sites for hydroxylation is 1. The maximum atomic E-state index is 12.7. The van der Waals surface area contributed by atoms with E-state index in [4.69, 9.17) is 14.5 Å². The molecule has 0 saturated carbocycles. The molecule has 1 fully saturated rings. The maximum absolute atomic E-state index is 12.7. The predicted molar refractivity (Wildman–Crippen MR) is 134 cm³/mol. The van der Waals surface area contributed by atoms with Crippen LogP contribution in [0.3, 0.4) is 0 Å². The second-order valence-electron chi connectivity index (χ2n) is 8.71. The monoisotopic (exact) mass is 474 g/mol. The molecule has 2 aromatic carbocycles. The van der Waals surface area contributed by atoms with Crippen LogP contribution in [0.2, 0.25) is 0 Å². The molecule has 4 aromatic rings. The summed E-state index contributed by atoms with van der Waals surface area (Å²) in [4.78, 5) is 19.9. The lowest BCUT2D eigenvalue weighted by Gasteiger charge is -2.28. The van der Waals surface area contributed by atoms with Crippen molar-refractivity contribution < 1.29 is 14.3 Å². The number of fused-ring (bicyclic) bond motifs is 3. The minimum atomic E-state index is -0.0499. The third-order valence-corrected chi connectivity index (χ3v) is 6.45. The molecule has 0 unspecified atom stereocenters. The van der Waals surface area contributed by atoms with Crippen molar-refractivity contribution in [1.29, 1.82) is 0 Å². The van der Waals surface area contributed by atoms with Gasteiger partial charge < -0.3 is 19.7 Å². The van der Waals surface area contributed by atoms with E-state index >= 15 is 0 Å². The minimum absolute atomic E-state index is 0.0499. The Labute approximate surface area is 204 Å². The fraction of sp³-hybridized carbons (Fsp3) is 0.385. The number of hydrogen-bond acceptors (Lipinski definition) is 7. The SMILES string of the molecule is COc1ccc(CNC(=O)CCc2nnc3c(N4CCCCC4)nc4ccccc4n23)cc1OC. The van der Waals surface area contributed by atoms with Crippen molar-refractivity contribution in [2.75, 3.05) is 32.2 Å². The fourth-order valence-corrected chi connectivity index (χ4v) is 4.61. The average molecular weight is 475 g/mol. The Morgan fingerprint density at radius 1 is 1.00 bits per heavy atom. The van der Waals surface area contributed by atoms with Crippen molar-refractivity contribution in [3.8, 4) is 11.5 Å². The molecule has 9 heteroatoms. The van der Waals surface area contributed by atoms with E-state index in [1.54, 1.807) is 14.2 Å². The Hall–Kier alpha value is -3.88. The molecule has 2 aromatic heterocycles. The van der Waals surface area contributed by atoms with Crippen molar-refractivity contribution >= 4 is 28.4 Å². The Bertz CT molecular complexity index is 1350. The zero-order chi connectivity index (χ0) is 24.2. The number of carbonyl (C=O) groups is 1. The van der Waals surface area contributed by atoms with Crippen LogP contribution in [0, 0.1) is 0 Å². The normalized spacial score (nSPS) is 13.8. The summed E-state index contributed by atoms with van der Waals surface area (Å²) < 4.78 is 12.7. The molecule has 1 N–H and O–H groups in total. The van der Waals surface area contributed by atoms with Crippen LogP contribution in [0.15, 0.2) is 42.5 Å². The largest absolute Gasteiger partial charge is 0.493 e. The number of rotatable bonds is 8. The van der Waals surface area contributed by atoms with Gasteiger partial charge in [-0.25, -0.2) is 4.98 Å². The molecular weight excluding hydrogens is 444 g/mol. The summed E-state index contributed by atoms with van der Waals surface area (Å²) in [5.41, 5.74) is 3.55. The van der Waals surface area contributed by atoms with Gasteiger partial charge in [0.05, 0.1) is 25.3 Å². The van der Waals surface area contributed by atoms with Crippen molar-refractivity contribution in [1.82, 2.24) is 24.9 Å². The average Bonchev–Trinajstić information content (AvgIpc) is 3.35. The summed E-state index contributed by atoms with van der Waals surface area (Å²) in [7, 11) is 3.20. The highest BCUT2D eigenvalue weighted by atomic mass is 16.5. The van der Waals surface area contributed by atoms with E-state index < -0.39 is 0 Å². The third-order valence-electron chi connectivity index (χ3n) is 6.45. The van der Waals surface area contributed by atoms with Gasteiger partial charge in [0, 0.05) is 32.5 Å². The zero-order valence-electron chi connectivity index (χ0n) is 20.2. The summed E-state index contributed by atoms with van der Waals surface area (Å²) in [6.07, 6.45) is 4.34. The molecule has 182 valence electrons. The number of carbonyl (C=O) groups excluding carboxylic acids is 1. The van der Waals surface area contributed by atoms with Gasteiger partial charge in [-0.3, -0.25) is 9.20 Å². The second kappa shape index (κ2) is 10.2. The van der Waals surface area contributed by atoms with Gasteiger partial charge in [-0.2, -0.15) is 0 Å². The number of para-hydroxylation sites is 2. The summed E-state index contributed by atoms with van der Waals surface area (Å²) in [5.74, 6) is 2.88. The van der Waals surface area contributed by atoms with E-state index in [2.05, 4.69) is 24.8 Å². The van der Waals surface area contributed by atoms with Gasteiger partial charge in [0.1, 0.15) is 5.82 Å². The molecular formula is C26H30N6O3.